The fraction of sp³-hybridized carbons (Fsp3) is 0.600. The molecule has 2 heteroatoms. The molecule has 1 fully saturated rings. The molecule has 2 nitrogen and oxygen atoms in total. The summed E-state index contributed by atoms with van der Waals surface area (Å²) in [6.45, 7) is 6.26. The highest BCUT2D eigenvalue weighted by atomic mass is 16.5. The molecule has 0 saturated carbocycles. The average molecular weight is 233 g/mol. The predicted octanol–water partition coefficient (Wildman–Crippen LogP) is 3.08. The van der Waals surface area contributed by atoms with Crippen molar-refractivity contribution in [2.45, 2.75) is 45.3 Å². The largest absolute Gasteiger partial charge is 0.376 e. The zero-order chi connectivity index (χ0) is 12.1. The predicted molar refractivity (Wildman–Crippen MR) is 71.2 cm³/mol. The van der Waals surface area contributed by atoms with Crippen LogP contribution in [-0.4, -0.2) is 19.3 Å². The summed E-state index contributed by atoms with van der Waals surface area (Å²) in [5.74, 6) is 0. The monoisotopic (exact) mass is 233 g/mol. The van der Waals surface area contributed by atoms with Crippen molar-refractivity contribution in [2.75, 3.05) is 13.2 Å². The van der Waals surface area contributed by atoms with Crippen molar-refractivity contribution >= 4 is 0 Å². The molecule has 1 N–H and O–H groups in total. The summed E-state index contributed by atoms with van der Waals surface area (Å²) >= 11 is 0. The maximum absolute atomic E-state index is 5.83. The van der Waals surface area contributed by atoms with Crippen LogP contribution in [0.2, 0.25) is 0 Å². The van der Waals surface area contributed by atoms with Gasteiger partial charge in [-0.3, -0.25) is 0 Å². The average Bonchev–Trinajstić information content (AvgIpc) is 2.89. The summed E-state index contributed by atoms with van der Waals surface area (Å²) in [7, 11) is 0. The van der Waals surface area contributed by atoms with Crippen LogP contribution >= 0.6 is 0 Å². The van der Waals surface area contributed by atoms with E-state index in [9.17, 15) is 0 Å². The zero-order valence-corrected chi connectivity index (χ0v) is 10.9. The highest BCUT2D eigenvalue weighted by Gasteiger charge is 2.26. The second-order valence-electron chi connectivity index (χ2n) is 4.69. The van der Waals surface area contributed by atoms with E-state index in [4.69, 9.17) is 4.74 Å². The van der Waals surface area contributed by atoms with Crippen LogP contribution in [0.15, 0.2) is 24.3 Å². The Bertz CT molecular complexity index is 345. The van der Waals surface area contributed by atoms with Gasteiger partial charge in [0.15, 0.2) is 0 Å². The second kappa shape index (κ2) is 6.18. The van der Waals surface area contributed by atoms with Gasteiger partial charge in [-0.2, -0.15) is 0 Å². The fourth-order valence-corrected chi connectivity index (χ4v) is 2.56. The van der Waals surface area contributed by atoms with Gasteiger partial charge in [0.05, 0.1) is 12.1 Å². The van der Waals surface area contributed by atoms with E-state index in [1.807, 2.05) is 0 Å². The summed E-state index contributed by atoms with van der Waals surface area (Å²) in [5, 5.41) is 3.57. The number of benzene rings is 1. The molecule has 0 bridgehead atoms. The summed E-state index contributed by atoms with van der Waals surface area (Å²) in [6, 6.07) is 9.24. The second-order valence-corrected chi connectivity index (χ2v) is 4.69. The molecule has 0 aliphatic carbocycles. The molecule has 2 rings (SSSR count). The number of hydrogen-bond donors (Lipinski definition) is 1. The lowest BCUT2D eigenvalue weighted by atomic mass is 9.97. The summed E-state index contributed by atoms with van der Waals surface area (Å²) in [4.78, 5) is 0. The normalized spacial score (nSPS) is 21.6. The molecule has 1 aliphatic rings. The third kappa shape index (κ3) is 3.08. The third-order valence-electron chi connectivity index (χ3n) is 3.48. The highest BCUT2D eigenvalue weighted by Crippen LogP contribution is 2.27. The molecule has 2 atom stereocenters. The Morgan fingerprint density at radius 2 is 2.29 bits per heavy atom. The zero-order valence-electron chi connectivity index (χ0n) is 10.9. The minimum atomic E-state index is 0.349. The van der Waals surface area contributed by atoms with Gasteiger partial charge in [0, 0.05) is 6.61 Å². The van der Waals surface area contributed by atoms with Crippen molar-refractivity contribution in [3.05, 3.63) is 35.4 Å². The van der Waals surface area contributed by atoms with Crippen LogP contribution in [0.25, 0.3) is 0 Å². The number of rotatable bonds is 5. The van der Waals surface area contributed by atoms with Gasteiger partial charge < -0.3 is 10.1 Å². The molecule has 2 unspecified atom stereocenters. The van der Waals surface area contributed by atoms with E-state index in [0.717, 1.165) is 19.6 Å². The maximum atomic E-state index is 5.83. The quantitative estimate of drug-likeness (QED) is 0.844. The van der Waals surface area contributed by atoms with E-state index in [0.29, 0.717) is 12.1 Å². The van der Waals surface area contributed by atoms with Gasteiger partial charge in [0.2, 0.25) is 0 Å². The lowest BCUT2D eigenvalue weighted by Crippen LogP contribution is -2.31. The lowest BCUT2D eigenvalue weighted by Gasteiger charge is -2.24. The molecule has 17 heavy (non-hydrogen) atoms. The van der Waals surface area contributed by atoms with Crippen molar-refractivity contribution in [1.82, 2.24) is 5.32 Å². The van der Waals surface area contributed by atoms with Crippen LogP contribution in [-0.2, 0) is 11.2 Å². The molecule has 1 heterocycles. The minimum absolute atomic E-state index is 0.349. The van der Waals surface area contributed by atoms with Crippen LogP contribution in [0.5, 0.6) is 0 Å². The SMILES string of the molecule is CCNC(c1cccc(CC)c1)C1CCCO1. The van der Waals surface area contributed by atoms with Crippen molar-refractivity contribution in [3.8, 4) is 0 Å². The van der Waals surface area contributed by atoms with Gasteiger partial charge in [0.25, 0.3) is 0 Å². The van der Waals surface area contributed by atoms with E-state index < -0.39 is 0 Å². The highest BCUT2D eigenvalue weighted by molar-refractivity contribution is 5.27. The van der Waals surface area contributed by atoms with Gasteiger partial charge >= 0.3 is 0 Å². The van der Waals surface area contributed by atoms with E-state index in [2.05, 4.69) is 43.4 Å². The van der Waals surface area contributed by atoms with Crippen LogP contribution < -0.4 is 5.32 Å². The van der Waals surface area contributed by atoms with E-state index >= 15 is 0 Å². The number of likely N-dealkylation sites (N-methyl/N-ethyl adjacent to an activating group) is 1. The maximum Gasteiger partial charge on any atom is 0.0770 e. The van der Waals surface area contributed by atoms with E-state index in [-0.39, 0.29) is 0 Å². The number of nitrogens with one attached hydrogen (secondary N) is 1. The minimum Gasteiger partial charge on any atom is -0.376 e. The summed E-state index contributed by atoms with van der Waals surface area (Å²) in [5.41, 5.74) is 2.78. The molecule has 1 aliphatic heterocycles. The molecular weight excluding hydrogens is 210 g/mol. The number of hydrogen-bond acceptors (Lipinski definition) is 2. The van der Waals surface area contributed by atoms with Crippen molar-refractivity contribution in [3.63, 3.8) is 0 Å². The van der Waals surface area contributed by atoms with E-state index in [1.54, 1.807) is 0 Å². The summed E-state index contributed by atoms with van der Waals surface area (Å²) in [6.07, 6.45) is 3.81. The Morgan fingerprint density at radius 3 is 2.94 bits per heavy atom. The van der Waals surface area contributed by atoms with Gasteiger partial charge in [-0.05, 0) is 36.9 Å². The van der Waals surface area contributed by atoms with Crippen LogP contribution in [0.4, 0.5) is 0 Å². The lowest BCUT2D eigenvalue weighted by molar-refractivity contribution is 0.0788. The Labute approximate surface area is 104 Å². The number of aryl methyl sites for hydroxylation is 1. The van der Waals surface area contributed by atoms with Crippen molar-refractivity contribution in [2.24, 2.45) is 0 Å². The molecule has 1 aromatic rings. The topological polar surface area (TPSA) is 21.3 Å². The first-order valence-corrected chi connectivity index (χ1v) is 6.79. The molecule has 0 radical (unpaired) electrons. The van der Waals surface area contributed by atoms with Crippen LogP contribution in [0.3, 0.4) is 0 Å². The smallest absolute Gasteiger partial charge is 0.0770 e. The van der Waals surface area contributed by atoms with Crippen molar-refractivity contribution < 1.29 is 4.74 Å². The first-order chi connectivity index (χ1) is 8.35. The first kappa shape index (κ1) is 12.6. The first-order valence-electron chi connectivity index (χ1n) is 6.79. The van der Waals surface area contributed by atoms with Crippen LogP contribution in [0.1, 0.15) is 43.9 Å². The van der Waals surface area contributed by atoms with Gasteiger partial charge in [-0.15, -0.1) is 0 Å². The Kier molecular flexibility index (Phi) is 4.57. The Hall–Kier alpha value is -0.860. The van der Waals surface area contributed by atoms with E-state index in [1.165, 1.54) is 24.0 Å². The van der Waals surface area contributed by atoms with Crippen LogP contribution in [0, 0.1) is 0 Å². The molecular formula is C15H23NO. The van der Waals surface area contributed by atoms with Gasteiger partial charge in [-0.1, -0.05) is 38.1 Å². The fourth-order valence-electron chi connectivity index (χ4n) is 2.56. The van der Waals surface area contributed by atoms with Gasteiger partial charge in [-0.25, -0.2) is 0 Å². The summed E-state index contributed by atoms with van der Waals surface area (Å²) < 4.78 is 5.83. The molecule has 0 aromatic heterocycles. The molecule has 1 saturated heterocycles. The Balaban J connectivity index is 2.18. The molecule has 0 spiro atoms. The molecule has 0 amide bonds. The molecule has 94 valence electrons. The third-order valence-corrected chi connectivity index (χ3v) is 3.48. The van der Waals surface area contributed by atoms with Crippen molar-refractivity contribution in [1.29, 1.82) is 0 Å². The molecule has 1 aromatic carbocycles. The number of ether oxygens (including phenoxy) is 1. The Morgan fingerprint density at radius 1 is 1.41 bits per heavy atom. The standard InChI is InChI=1S/C15H23NO/c1-3-12-7-5-8-13(11-12)15(16-4-2)14-9-6-10-17-14/h5,7-8,11,14-16H,3-4,6,9-10H2,1-2H3. The van der Waals surface area contributed by atoms with Gasteiger partial charge in [0.1, 0.15) is 0 Å².